The second-order valence-corrected chi connectivity index (χ2v) is 7.32. The Morgan fingerprint density at radius 3 is 2.62 bits per heavy atom. The zero-order valence-electron chi connectivity index (χ0n) is 12.2. The first-order valence-corrected chi connectivity index (χ1v) is 9.15. The van der Waals surface area contributed by atoms with Crippen molar-refractivity contribution in [3.05, 3.63) is 28.3 Å². The highest BCUT2D eigenvalue weighted by Gasteiger charge is 2.24. The summed E-state index contributed by atoms with van der Waals surface area (Å²) in [5, 5.41) is 13.9. The second-order valence-electron chi connectivity index (χ2n) is 4.29. The molecule has 0 atom stereocenters. The summed E-state index contributed by atoms with van der Waals surface area (Å²) in [4.78, 5) is 10.4. The number of benzene rings is 1. The van der Waals surface area contributed by atoms with Gasteiger partial charge in [0, 0.05) is 32.0 Å². The van der Waals surface area contributed by atoms with Crippen molar-refractivity contribution in [1.29, 1.82) is 0 Å². The Hall–Kier alpha value is -1.32. The molecule has 0 aliphatic rings. The zero-order valence-corrected chi connectivity index (χ0v) is 13.8. The minimum atomic E-state index is -3.71. The number of thioether (sulfide) groups is 1. The fraction of sp³-hybridized carbons (Fsp3) is 0.500. The fourth-order valence-electron chi connectivity index (χ4n) is 1.68. The maximum Gasteiger partial charge on any atom is 0.293 e. The molecule has 1 N–H and O–H groups in total. The molecule has 0 aromatic heterocycles. The molecule has 21 heavy (non-hydrogen) atoms. The monoisotopic (exact) mass is 333 g/mol. The summed E-state index contributed by atoms with van der Waals surface area (Å²) >= 11 is 1.53. The van der Waals surface area contributed by atoms with Gasteiger partial charge in [-0.3, -0.25) is 10.1 Å². The Labute approximate surface area is 128 Å². The molecule has 0 aliphatic carbocycles. The third-order valence-corrected chi connectivity index (χ3v) is 5.30. The van der Waals surface area contributed by atoms with Gasteiger partial charge in [0.05, 0.1) is 9.82 Å². The number of rotatable bonds is 8. The highest BCUT2D eigenvalue weighted by molar-refractivity contribution is 7.98. The Balaban J connectivity index is 3.19. The van der Waals surface area contributed by atoms with Crippen molar-refractivity contribution in [2.75, 3.05) is 37.5 Å². The van der Waals surface area contributed by atoms with E-state index >= 15 is 0 Å². The lowest BCUT2D eigenvalue weighted by Gasteiger charge is -2.17. The first kappa shape index (κ1) is 17.7. The number of nitrogens with zero attached hydrogens (tertiary/aromatic N) is 2. The number of sulfonamides is 1. The van der Waals surface area contributed by atoms with Crippen LogP contribution in [0, 0.1) is 10.1 Å². The number of nitro benzene ring substituents is 1. The maximum atomic E-state index is 12.4. The third kappa shape index (κ3) is 4.32. The van der Waals surface area contributed by atoms with Crippen LogP contribution in [0.4, 0.5) is 11.4 Å². The zero-order chi connectivity index (χ0) is 16.0. The molecule has 118 valence electrons. The molecule has 0 spiro atoms. The lowest BCUT2D eigenvalue weighted by Crippen LogP contribution is -2.29. The number of hydrogen-bond acceptors (Lipinski definition) is 6. The van der Waals surface area contributed by atoms with Crippen LogP contribution in [0.5, 0.6) is 0 Å². The van der Waals surface area contributed by atoms with E-state index in [4.69, 9.17) is 0 Å². The molecule has 9 heteroatoms. The van der Waals surface area contributed by atoms with E-state index in [0.717, 1.165) is 6.07 Å². The van der Waals surface area contributed by atoms with Crippen molar-refractivity contribution < 1.29 is 13.3 Å². The smallest absolute Gasteiger partial charge is 0.293 e. The van der Waals surface area contributed by atoms with Crippen LogP contribution in [0.15, 0.2) is 23.1 Å². The first-order valence-electron chi connectivity index (χ1n) is 6.32. The topological polar surface area (TPSA) is 92.6 Å². The molecule has 0 radical (unpaired) electrons. The van der Waals surface area contributed by atoms with Gasteiger partial charge < -0.3 is 5.32 Å². The van der Waals surface area contributed by atoms with E-state index in [-0.39, 0.29) is 10.6 Å². The molecule has 0 aliphatic heterocycles. The summed E-state index contributed by atoms with van der Waals surface area (Å²) in [5.74, 6) is 0.660. The molecule has 1 rings (SSSR count). The molecule has 0 fully saturated rings. The van der Waals surface area contributed by atoms with Crippen molar-refractivity contribution >= 4 is 33.2 Å². The van der Waals surface area contributed by atoms with Crippen LogP contribution in [-0.2, 0) is 10.0 Å². The van der Waals surface area contributed by atoms with Crippen LogP contribution in [0.2, 0.25) is 0 Å². The molecule has 0 saturated heterocycles. The lowest BCUT2D eigenvalue weighted by molar-refractivity contribution is -0.384. The van der Waals surface area contributed by atoms with Crippen LogP contribution in [0.25, 0.3) is 0 Å². The Morgan fingerprint density at radius 1 is 1.43 bits per heavy atom. The van der Waals surface area contributed by atoms with Crippen molar-refractivity contribution in [3.63, 3.8) is 0 Å². The highest BCUT2D eigenvalue weighted by Crippen LogP contribution is 2.28. The fourth-order valence-corrected chi connectivity index (χ4v) is 3.45. The van der Waals surface area contributed by atoms with E-state index in [2.05, 4.69) is 5.32 Å². The summed E-state index contributed by atoms with van der Waals surface area (Å²) in [7, 11) is -2.24. The predicted octanol–water partition coefficient (Wildman–Crippen LogP) is 2.01. The molecular formula is C12H19N3O4S2. The summed E-state index contributed by atoms with van der Waals surface area (Å²) in [6, 6.07) is 3.91. The van der Waals surface area contributed by atoms with Gasteiger partial charge in [0.2, 0.25) is 10.0 Å². The van der Waals surface area contributed by atoms with Gasteiger partial charge in [-0.05, 0) is 25.3 Å². The van der Waals surface area contributed by atoms with Crippen LogP contribution in [0.1, 0.15) is 6.92 Å². The molecule has 1 aromatic carbocycles. The number of nitrogens with one attached hydrogen (secondary N) is 1. The lowest BCUT2D eigenvalue weighted by atomic mass is 10.2. The van der Waals surface area contributed by atoms with Crippen LogP contribution < -0.4 is 5.32 Å². The van der Waals surface area contributed by atoms with Crippen LogP contribution >= 0.6 is 11.8 Å². The minimum absolute atomic E-state index is 0.0699. The molecule has 0 saturated carbocycles. The third-order valence-electron chi connectivity index (χ3n) is 2.85. The van der Waals surface area contributed by atoms with E-state index in [0.29, 0.717) is 24.5 Å². The summed E-state index contributed by atoms with van der Waals surface area (Å²) in [6.07, 6.45) is 1.89. The summed E-state index contributed by atoms with van der Waals surface area (Å²) in [6.45, 7) is 2.68. The van der Waals surface area contributed by atoms with Gasteiger partial charge in [0.1, 0.15) is 5.69 Å². The van der Waals surface area contributed by atoms with Gasteiger partial charge in [-0.1, -0.05) is 0 Å². The van der Waals surface area contributed by atoms with Gasteiger partial charge in [0.15, 0.2) is 0 Å². The van der Waals surface area contributed by atoms with Crippen molar-refractivity contribution in [2.24, 2.45) is 0 Å². The van der Waals surface area contributed by atoms with Crippen molar-refractivity contribution in [3.8, 4) is 0 Å². The van der Waals surface area contributed by atoms with Gasteiger partial charge in [0.25, 0.3) is 5.69 Å². The SMILES string of the molecule is CCNc1ccc(S(=O)(=O)N(C)CCSC)cc1[N+](=O)[O-]. The predicted molar refractivity (Wildman–Crippen MR) is 85.5 cm³/mol. The molecule has 0 bridgehead atoms. The largest absolute Gasteiger partial charge is 0.380 e. The van der Waals surface area contributed by atoms with Crippen LogP contribution in [0.3, 0.4) is 0 Å². The molecular weight excluding hydrogens is 314 g/mol. The second kappa shape index (κ2) is 7.62. The van der Waals surface area contributed by atoms with Gasteiger partial charge in [-0.2, -0.15) is 11.8 Å². The van der Waals surface area contributed by atoms with Crippen molar-refractivity contribution in [2.45, 2.75) is 11.8 Å². The van der Waals surface area contributed by atoms with Gasteiger partial charge >= 0.3 is 0 Å². The average Bonchev–Trinajstić information content (AvgIpc) is 2.44. The van der Waals surface area contributed by atoms with E-state index in [1.807, 2.05) is 13.2 Å². The standard InChI is InChI=1S/C12H19N3O4S2/c1-4-13-11-6-5-10(9-12(11)15(16)17)21(18,19)14(2)7-8-20-3/h5-6,9,13H,4,7-8H2,1-3H3. The van der Waals surface area contributed by atoms with Gasteiger partial charge in [-0.25, -0.2) is 12.7 Å². The Bertz CT molecular complexity index is 605. The summed E-state index contributed by atoms with van der Waals surface area (Å²) in [5.41, 5.74) is 0.0735. The van der Waals surface area contributed by atoms with Gasteiger partial charge in [-0.15, -0.1) is 0 Å². The highest BCUT2D eigenvalue weighted by atomic mass is 32.2. The molecule has 0 heterocycles. The number of hydrogen-bond donors (Lipinski definition) is 1. The van der Waals surface area contributed by atoms with E-state index in [9.17, 15) is 18.5 Å². The Kier molecular flexibility index (Phi) is 6.43. The minimum Gasteiger partial charge on any atom is -0.380 e. The van der Waals surface area contributed by atoms with E-state index < -0.39 is 14.9 Å². The number of nitro groups is 1. The van der Waals surface area contributed by atoms with E-state index in [1.165, 1.54) is 35.2 Å². The molecule has 7 nitrogen and oxygen atoms in total. The summed E-state index contributed by atoms with van der Waals surface area (Å²) < 4.78 is 25.9. The van der Waals surface area contributed by atoms with Crippen molar-refractivity contribution in [1.82, 2.24) is 4.31 Å². The quantitative estimate of drug-likeness (QED) is 0.578. The number of anilines is 1. The first-order chi connectivity index (χ1) is 9.84. The normalized spacial score (nSPS) is 11.6. The molecule has 0 unspecified atom stereocenters. The Morgan fingerprint density at radius 2 is 2.10 bits per heavy atom. The molecule has 0 amide bonds. The van der Waals surface area contributed by atoms with Crippen LogP contribution in [-0.4, -0.2) is 49.8 Å². The maximum absolute atomic E-state index is 12.4. The van der Waals surface area contributed by atoms with E-state index in [1.54, 1.807) is 0 Å². The molecule has 1 aromatic rings. The average molecular weight is 333 g/mol.